The molecule has 0 radical (unpaired) electrons. The summed E-state index contributed by atoms with van der Waals surface area (Å²) in [4.78, 5) is 10.7. The van der Waals surface area contributed by atoms with E-state index in [1.165, 1.54) is 12.8 Å². The van der Waals surface area contributed by atoms with Crippen molar-refractivity contribution in [3.05, 3.63) is 46.9 Å². The molecule has 1 aliphatic heterocycles. The maximum Gasteiger partial charge on any atom is 0.232 e. The highest BCUT2D eigenvalue weighted by atomic mass is 35.5. The molecule has 6 heteroatoms. The summed E-state index contributed by atoms with van der Waals surface area (Å²) in [5, 5.41) is 0.742. The fraction of sp³-hybridized carbons (Fsp3) is 0.412. The standard InChI is InChI=1S/C17H20ClN3O2/c1-22-17-10-19-9-14(20-17)12-23-15-5-4-13(16(18)8-15)11-21-6-2-3-7-21/h4-5,8-10H,2-3,6-7,11-12H2,1H3. The van der Waals surface area contributed by atoms with Crippen LogP contribution in [-0.2, 0) is 13.2 Å². The second-order valence-corrected chi connectivity index (χ2v) is 5.99. The van der Waals surface area contributed by atoms with E-state index in [1.807, 2.05) is 18.2 Å². The predicted molar refractivity (Wildman–Crippen MR) is 88.9 cm³/mol. The molecule has 0 amide bonds. The van der Waals surface area contributed by atoms with Crippen molar-refractivity contribution in [2.75, 3.05) is 20.2 Å². The van der Waals surface area contributed by atoms with E-state index >= 15 is 0 Å². The highest BCUT2D eigenvalue weighted by Crippen LogP contribution is 2.25. The number of benzene rings is 1. The van der Waals surface area contributed by atoms with Gasteiger partial charge in [-0.1, -0.05) is 17.7 Å². The van der Waals surface area contributed by atoms with Gasteiger partial charge in [-0.2, -0.15) is 0 Å². The first-order chi connectivity index (χ1) is 11.2. The Morgan fingerprint density at radius 3 is 2.78 bits per heavy atom. The van der Waals surface area contributed by atoms with Gasteiger partial charge in [-0.15, -0.1) is 0 Å². The molecule has 0 saturated carbocycles. The fourth-order valence-corrected chi connectivity index (χ4v) is 2.87. The van der Waals surface area contributed by atoms with Crippen LogP contribution in [0.15, 0.2) is 30.6 Å². The molecular weight excluding hydrogens is 314 g/mol. The largest absolute Gasteiger partial charge is 0.487 e. The maximum atomic E-state index is 6.38. The van der Waals surface area contributed by atoms with Gasteiger partial charge in [-0.05, 0) is 43.6 Å². The van der Waals surface area contributed by atoms with Crippen LogP contribution < -0.4 is 9.47 Å². The molecule has 5 nitrogen and oxygen atoms in total. The highest BCUT2D eigenvalue weighted by molar-refractivity contribution is 6.31. The predicted octanol–water partition coefficient (Wildman–Crippen LogP) is 3.31. The SMILES string of the molecule is COc1cncc(COc2ccc(CN3CCCC3)c(Cl)c2)n1. The van der Waals surface area contributed by atoms with Gasteiger partial charge in [0.15, 0.2) is 0 Å². The molecule has 2 heterocycles. The molecule has 1 aromatic carbocycles. The highest BCUT2D eigenvalue weighted by Gasteiger charge is 2.13. The Balaban J connectivity index is 1.60. The van der Waals surface area contributed by atoms with Crippen molar-refractivity contribution in [2.24, 2.45) is 0 Å². The molecular formula is C17H20ClN3O2. The minimum absolute atomic E-state index is 0.325. The third kappa shape index (κ3) is 4.33. The molecule has 3 rings (SSSR count). The lowest BCUT2D eigenvalue weighted by Gasteiger charge is -2.16. The van der Waals surface area contributed by atoms with E-state index in [9.17, 15) is 0 Å². The van der Waals surface area contributed by atoms with Crippen molar-refractivity contribution < 1.29 is 9.47 Å². The van der Waals surface area contributed by atoms with Crippen LogP contribution in [0.25, 0.3) is 0 Å². The first-order valence-electron chi connectivity index (χ1n) is 7.73. The van der Waals surface area contributed by atoms with E-state index in [2.05, 4.69) is 14.9 Å². The van der Waals surface area contributed by atoms with Gasteiger partial charge in [0, 0.05) is 11.6 Å². The molecule has 0 unspecified atom stereocenters. The fourth-order valence-electron chi connectivity index (χ4n) is 2.64. The molecule has 122 valence electrons. The lowest BCUT2D eigenvalue weighted by Crippen LogP contribution is -2.18. The van der Waals surface area contributed by atoms with Crippen molar-refractivity contribution in [1.82, 2.24) is 14.9 Å². The van der Waals surface area contributed by atoms with E-state index in [4.69, 9.17) is 21.1 Å². The first kappa shape index (κ1) is 16.0. The molecule has 0 N–H and O–H groups in total. The first-order valence-corrected chi connectivity index (χ1v) is 8.11. The number of likely N-dealkylation sites (tertiary alicyclic amines) is 1. The number of ether oxygens (including phenoxy) is 2. The molecule has 1 aromatic heterocycles. The smallest absolute Gasteiger partial charge is 0.232 e. The zero-order valence-corrected chi connectivity index (χ0v) is 13.9. The number of halogens is 1. The van der Waals surface area contributed by atoms with Gasteiger partial charge < -0.3 is 9.47 Å². The second kappa shape index (κ2) is 7.62. The Hall–Kier alpha value is -1.85. The quantitative estimate of drug-likeness (QED) is 0.811. The summed E-state index contributed by atoms with van der Waals surface area (Å²) < 4.78 is 10.8. The molecule has 1 aliphatic rings. The molecule has 1 saturated heterocycles. The monoisotopic (exact) mass is 333 g/mol. The van der Waals surface area contributed by atoms with Crippen molar-refractivity contribution in [3.8, 4) is 11.6 Å². The topological polar surface area (TPSA) is 47.5 Å². The summed E-state index contributed by atoms with van der Waals surface area (Å²) in [5.41, 5.74) is 1.85. The van der Waals surface area contributed by atoms with Crippen LogP contribution in [0.3, 0.4) is 0 Å². The Morgan fingerprint density at radius 1 is 1.22 bits per heavy atom. The van der Waals surface area contributed by atoms with Crippen molar-refractivity contribution in [3.63, 3.8) is 0 Å². The van der Waals surface area contributed by atoms with Gasteiger partial charge in [-0.3, -0.25) is 9.88 Å². The van der Waals surface area contributed by atoms with Crippen LogP contribution in [0.4, 0.5) is 0 Å². The van der Waals surface area contributed by atoms with Gasteiger partial charge in [0.25, 0.3) is 0 Å². The zero-order chi connectivity index (χ0) is 16.1. The second-order valence-electron chi connectivity index (χ2n) is 5.58. The van der Waals surface area contributed by atoms with Crippen LogP contribution in [0.5, 0.6) is 11.6 Å². The van der Waals surface area contributed by atoms with Crippen LogP contribution in [0, 0.1) is 0 Å². The normalized spacial score (nSPS) is 14.9. The molecule has 2 aromatic rings. The maximum absolute atomic E-state index is 6.38. The van der Waals surface area contributed by atoms with E-state index in [-0.39, 0.29) is 0 Å². The summed E-state index contributed by atoms with van der Waals surface area (Å²) >= 11 is 6.38. The Morgan fingerprint density at radius 2 is 2.04 bits per heavy atom. The van der Waals surface area contributed by atoms with E-state index < -0.39 is 0 Å². The number of nitrogens with zero attached hydrogens (tertiary/aromatic N) is 3. The van der Waals surface area contributed by atoms with Crippen LogP contribution in [0.2, 0.25) is 5.02 Å². The van der Waals surface area contributed by atoms with E-state index in [1.54, 1.807) is 19.5 Å². The Bertz CT molecular complexity index is 660. The van der Waals surface area contributed by atoms with E-state index in [0.29, 0.717) is 18.2 Å². The molecule has 0 spiro atoms. The lowest BCUT2D eigenvalue weighted by molar-refractivity contribution is 0.296. The van der Waals surface area contributed by atoms with Gasteiger partial charge in [0.1, 0.15) is 18.1 Å². The summed E-state index contributed by atoms with van der Waals surface area (Å²) in [6.07, 6.45) is 5.78. The Labute approximate surface area is 141 Å². The third-order valence-corrected chi connectivity index (χ3v) is 4.23. The summed E-state index contributed by atoms with van der Waals surface area (Å²) in [5.74, 6) is 1.20. The molecule has 0 bridgehead atoms. The summed E-state index contributed by atoms with van der Waals surface area (Å²) in [6.45, 7) is 3.54. The van der Waals surface area contributed by atoms with Crippen molar-refractivity contribution >= 4 is 11.6 Å². The van der Waals surface area contributed by atoms with Crippen LogP contribution in [-0.4, -0.2) is 35.1 Å². The molecule has 1 fully saturated rings. The Kier molecular flexibility index (Phi) is 5.31. The number of rotatable bonds is 6. The average Bonchev–Trinajstić information content (AvgIpc) is 3.08. The number of hydrogen-bond acceptors (Lipinski definition) is 5. The van der Waals surface area contributed by atoms with Gasteiger partial charge in [-0.25, -0.2) is 4.98 Å². The number of aromatic nitrogens is 2. The molecule has 0 atom stereocenters. The van der Waals surface area contributed by atoms with Gasteiger partial charge >= 0.3 is 0 Å². The van der Waals surface area contributed by atoms with Crippen molar-refractivity contribution in [2.45, 2.75) is 26.0 Å². The molecule has 0 aliphatic carbocycles. The summed E-state index contributed by atoms with van der Waals surface area (Å²) in [6, 6.07) is 5.85. The van der Waals surface area contributed by atoms with E-state index in [0.717, 1.165) is 36.0 Å². The van der Waals surface area contributed by atoms with Gasteiger partial charge in [0.2, 0.25) is 5.88 Å². The third-order valence-electron chi connectivity index (χ3n) is 3.88. The van der Waals surface area contributed by atoms with Crippen molar-refractivity contribution in [1.29, 1.82) is 0 Å². The molecule has 23 heavy (non-hydrogen) atoms. The number of methoxy groups -OCH3 is 1. The van der Waals surface area contributed by atoms with Crippen LogP contribution >= 0.6 is 11.6 Å². The summed E-state index contributed by atoms with van der Waals surface area (Å²) in [7, 11) is 1.56. The average molecular weight is 334 g/mol. The zero-order valence-electron chi connectivity index (χ0n) is 13.2. The minimum atomic E-state index is 0.325. The minimum Gasteiger partial charge on any atom is -0.487 e. The number of hydrogen-bond donors (Lipinski definition) is 0. The lowest BCUT2D eigenvalue weighted by atomic mass is 10.2. The van der Waals surface area contributed by atoms with Crippen LogP contribution in [0.1, 0.15) is 24.1 Å². The van der Waals surface area contributed by atoms with Gasteiger partial charge in [0.05, 0.1) is 19.5 Å².